The van der Waals surface area contributed by atoms with Crippen LogP contribution in [0.3, 0.4) is 0 Å². The molecular formula is C19H17N3O6. The van der Waals surface area contributed by atoms with E-state index in [4.69, 9.17) is 14.2 Å². The molecule has 9 heteroatoms. The van der Waals surface area contributed by atoms with E-state index in [0.29, 0.717) is 11.4 Å². The molecule has 28 heavy (non-hydrogen) atoms. The van der Waals surface area contributed by atoms with Crippen molar-refractivity contribution in [3.63, 3.8) is 0 Å². The van der Waals surface area contributed by atoms with Gasteiger partial charge < -0.3 is 19.5 Å². The Morgan fingerprint density at radius 2 is 1.82 bits per heavy atom. The van der Waals surface area contributed by atoms with Crippen LogP contribution in [0.25, 0.3) is 6.08 Å². The number of methoxy groups -OCH3 is 3. The van der Waals surface area contributed by atoms with E-state index in [1.807, 2.05) is 0 Å². The van der Waals surface area contributed by atoms with Gasteiger partial charge in [-0.25, -0.2) is 0 Å². The molecule has 0 aliphatic heterocycles. The van der Waals surface area contributed by atoms with Crippen LogP contribution in [0.5, 0.6) is 17.2 Å². The third kappa shape index (κ3) is 4.56. The van der Waals surface area contributed by atoms with Gasteiger partial charge in [0.15, 0.2) is 11.5 Å². The van der Waals surface area contributed by atoms with Gasteiger partial charge >= 0.3 is 0 Å². The largest absolute Gasteiger partial charge is 0.497 e. The molecule has 0 atom stereocenters. The summed E-state index contributed by atoms with van der Waals surface area (Å²) >= 11 is 0. The number of hydrogen-bond acceptors (Lipinski definition) is 7. The average molecular weight is 383 g/mol. The second-order valence-corrected chi connectivity index (χ2v) is 5.38. The summed E-state index contributed by atoms with van der Waals surface area (Å²) < 4.78 is 15.3. The Labute approximate surface area is 160 Å². The second kappa shape index (κ2) is 9.05. The van der Waals surface area contributed by atoms with Crippen LogP contribution in [0.2, 0.25) is 0 Å². The topological polar surface area (TPSA) is 124 Å². The van der Waals surface area contributed by atoms with E-state index in [-0.39, 0.29) is 28.3 Å². The van der Waals surface area contributed by atoms with Crippen molar-refractivity contribution >= 4 is 23.4 Å². The third-order valence-corrected chi connectivity index (χ3v) is 3.72. The smallest absolute Gasteiger partial charge is 0.280 e. The first-order valence-corrected chi connectivity index (χ1v) is 7.91. The fourth-order valence-corrected chi connectivity index (χ4v) is 2.36. The van der Waals surface area contributed by atoms with Crippen molar-refractivity contribution < 1.29 is 23.9 Å². The molecule has 0 spiro atoms. The molecule has 0 fully saturated rings. The van der Waals surface area contributed by atoms with Crippen LogP contribution in [0.15, 0.2) is 42.0 Å². The minimum Gasteiger partial charge on any atom is -0.497 e. The molecule has 0 aliphatic rings. The summed E-state index contributed by atoms with van der Waals surface area (Å²) in [5.41, 5.74) is -0.218. The number of ether oxygens (including phenoxy) is 3. The molecule has 0 saturated carbocycles. The van der Waals surface area contributed by atoms with E-state index in [2.05, 4.69) is 5.32 Å². The number of nitrogens with zero attached hydrogens (tertiary/aromatic N) is 2. The first-order chi connectivity index (χ1) is 13.4. The first-order valence-electron chi connectivity index (χ1n) is 7.91. The predicted octanol–water partition coefficient (Wildman–Crippen LogP) is 3.17. The van der Waals surface area contributed by atoms with Gasteiger partial charge in [0.1, 0.15) is 17.4 Å². The standard InChI is InChI=1S/C19H17N3O6/c1-26-15-6-4-5-14(9-15)21-19(23)13(11-20)7-12-8-17(27-2)18(28-3)10-16(12)22(24)25/h4-10H,1-3H3,(H,21,23)/b13-7+. The molecule has 2 aromatic rings. The summed E-state index contributed by atoms with van der Waals surface area (Å²) in [7, 11) is 4.20. The quantitative estimate of drug-likeness (QED) is 0.337. The summed E-state index contributed by atoms with van der Waals surface area (Å²) in [4.78, 5) is 23.2. The van der Waals surface area contributed by atoms with Gasteiger partial charge in [-0.15, -0.1) is 0 Å². The second-order valence-electron chi connectivity index (χ2n) is 5.38. The lowest BCUT2D eigenvalue weighted by atomic mass is 10.1. The van der Waals surface area contributed by atoms with Gasteiger partial charge in [-0.2, -0.15) is 5.26 Å². The molecule has 9 nitrogen and oxygen atoms in total. The number of carbonyl (C=O) groups is 1. The van der Waals surface area contributed by atoms with Crippen LogP contribution in [-0.2, 0) is 4.79 Å². The molecule has 1 N–H and O–H groups in total. The van der Waals surface area contributed by atoms with Crippen LogP contribution >= 0.6 is 0 Å². The molecule has 0 heterocycles. The van der Waals surface area contributed by atoms with Crippen LogP contribution in [-0.4, -0.2) is 32.2 Å². The Hall–Kier alpha value is -4.06. The molecule has 0 unspecified atom stereocenters. The van der Waals surface area contributed by atoms with Crippen LogP contribution < -0.4 is 19.5 Å². The average Bonchev–Trinajstić information content (AvgIpc) is 2.71. The van der Waals surface area contributed by atoms with Gasteiger partial charge in [0.25, 0.3) is 11.6 Å². The van der Waals surface area contributed by atoms with Crippen molar-refractivity contribution in [2.75, 3.05) is 26.6 Å². The van der Waals surface area contributed by atoms with Crippen molar-refractivity contribution in [2.24, 2.45) is 0 Å². The number of benzene rings is 2. The van der Waals surface area contributed by atoms with Gasteiger partial charge in [-0.1, -0.05) is 6.07 Å². The van der Waals surface area contributed by atoms with Gasteiger partial charge in [-0.3, -0.25) is 14.9 Å². The molecular weight excluding hydrogens is 366 g/mol. The van der Waals surface area contributed by atoms with Crippen molar-refractivity contribution in [1.29, 1.82) is 5.26 Å². The number of nitro groups is 1. The molecule has 0 saturated heterocycles. The highest BCUT2D eigenvalue weighted by molar-refractivity contribution is 6.10. The molecule has 0 radical (unpaired) electrons. The SMILES string of the molecule is COc1cccc(NC(=O)/C(C#N)=C/c2cc(OC)c(OC)cc2[N+](=O)[O-])c1. The van der Waals surface area contributed by atoms with Crippen LogP contribution in [0.4, 0.5) is 11.4 Å². The minimum atomic E-state index is -0.722. The Bertz CT molecular complexity index is 978. The Morgan fingerprint density at radius 1 is 1.14 bits per heavy atom. The van der Waals surface area contributed by atoms with Crippen molar-refractivity contribution in [3.8, 4) is 23.3 Å². The summed E-state index contributed by atoms with van der Waals surface area (Å²) in [5.74, 6) is 0.186. The zero-order valence-corrected chi connectivity index (χ0v) is 15.4. The van der Waals surface area contributed by atoms with E-state index in [1.165, 1.54) is 33.5 Å². The zero-order chi connectivity index (χ0) is 20.7. The van der Waals surface area contributed by atoms with Gasteiger partial charge in [0.2, 0.25) is 0 Å². The van der Waals surface area contributed by atoms with E-state index in [1.54, 1.807) is 30.3 Å². The van der Waals surface area contributed by atoms with Gasteiger partial charge in [0.05, 0.1) is 37.9 Å². The third-order valence-electron chi connectivity index (χ3n) is 3.72. The molecule has 2 rings (SSSR count). The summed E-state index contributed by atoms with van der Waals surface area (Å²) in [5, 5.41) is 23.3. The number of rotatable bonds is 7. The molecule has 0 aliphatic carbocycles. The van der Waals surface area contributed by atoms with E-state index in [9.17, 15) is 20.2 Å². The monoisotopic (exact) mass is 383 g/mol. The number of nitro benzene ring substituents is 1. The Kier molecular flexibility index (Phi) is 6.54. The maximum absolute atomic E-state index is 12.4. The molecule has 1 amide bonds. The van der Waals surface area contributed by atoms with Crippen molar-refractivity contribution in [1.82, 2.24) is 0 Å². The summed E-state index contributed by atoms with van der Waals surface area (Å²) in [6.45, 7) is 0. The Balaban J connectivity index is 2.43. The maximum Gasteiger partial charge on any atom is 0.280 e. The fourth-order valence-electron chi connectivity index (χ4n) is 2.36. The fraction of sp³-hybridized carbons (Fsp3) is 0.158. The normalized spacial score (nSPS) is 10.6. The number of amides is 1. The molecule has 0 bridgehead atoms. The van der Waals surface area contributed by atoms with Crippen molar-refractivity contribution in [2.45, 2.75) is 0 Å². The van der Waals surface area contributed by atoms with E-state index >= 15 is 0 Å². The molecule has 2 aromatic carbocycles. The van der Waals surface area contributed by atoms with Crippen LogP contribution in [0.1, 0.15) is 5.56 Å². The van der Waals surface area contributed by atoms with Gasteiger partial charge in [-0.05, 0) is 24.3 Å². The number of anilines is 1. The van der Waals surface area contributed by atoms with Gasteiger partial charge in [0, 0.05) is 11.8 Å². The predicted molar refractivity (Wildman–Crippen MR) is 101 cm³/mol. The van der Waals surface area contributed by atoms with Crippen molar-refractivity contribution in [3.05, 3.63) is 57.6 Å². The molecule has 144 valence electrons. The zero-order valence-electron chi connectivity index (χ0n) is 15.4. The summed E-state index contributed by atoms with van der Waals surface area (Å²) in [6, 6.07) is 10.8. The lowest BCUT2D eigenvalue weighted by Crippen LogP contribution is -2.13. The number of hydrogen-bond donors (Lipinski definition) is 1. The number of carbonyl (C=O) groups excluding carboxylic acids is 1. The number of nitriles is 1. The number of nitrogens with one attached hydrogen (secondary N) is 1. The summed E-state index contributed by atoms with van der Waals surface area (Å²) in [6.07, 6.45) is 1.12. The highest BCUT2D eigenvalue weighted by Gasteiger charge is 2.20. The van der Waals surface area contributed by atoms with E-state index < -0.39 is 10.8 Å². The first kappa shape index (κ1) is 20.3. The maximum atomic E-state index is 12.4. The lowest BCUT2D eigenvalue weighted by Gasteiger charge is -2.09. The van der Waals surface area contributed by atoms with E-state index in [0.717, 1.165) is 6.08 Å². The highest BCUT2D eigenvalue weighted by atomic mass is 16.6. The Morgan fingerprint density at radius 3 is 2.39 bits per heavy atom. The highest BCUT2D eigenvalue weighted by Crippen LogP contribution is 2.35. The lowest BCUT2D eigenvalue weighted by molar-refractivity contribution is -0.385. The van der Waals surface area contributed by atoms with Crippen LogP contribution in [0, 0.1) is 21.4 Å². The molecule has 0 aromatic heterocycles. The minimum absolute atomic E-state index is 0.0278.